The fourth-order valence-electron chi connectivity index (χ4n) is 2.04. The molecule has 1 aliphatic carbocycles. The van der Waals surface area contributed by atoms with Crippen molar-refractivity contribution in [2.45, 2.75) is 45.6 Å². The molecule has 0 bridgehead atoms. The summed E-state index contributed by atoms with van der Waals surface area (Å²) in [6.07, 6.45) is 7.81. The van der Waals surface area contributed by atoms with Gasteiger partial charge >= 0.3 is 27.7 Å². The summed E-state index contributed by atoms with van der Waals surface area (Å²) in [7, 11) is 6.14. The minimum absolute atomic E-state index is 0.0490. The van der Waals surface area contributed by atoms with Gasteiger partial charge in [-0.3, -0.25) is 6.08 Å². The van der Waals surface area contributed by atoms with E-state index in [0.29, 0.717) is 5.57 Å². The molecule has 2 nitrogen and oxygen atoms in total. The second-order valence-corrected chi connectivity index (χ2v) is 4.00. The predicted octanol–water partition coefficient (Wildman–Crippen LogP) is 3.53. The molecule has 4 heteroatoms. The molecule has 0 saturated carbocycles. The predicted molar refractivity (Wildman–Crippen MR) is 66.3 cm³/mol. The van der Waals surface area contributed by atoms with Gasteiger partial charge in [0.25, 0.3) is 0 Å². The van der Waals surface area contributed by atoms with E-state index in [0.717, 1.165) is 24.8 Å². The van der Waals surface area contributed by atoms with Crippen molar-refractivity contribution in [3.63, 3.8) is 0 Å². The molecule has 0 fully saturated rings. The van der Waals surface area contributed by atoms with Crippen molar-refractivity contribution in [1.82, 2.24) is 0 Å². The summed E-state index contributed by atoms with van der Waals surface area (Å²) in [5, 5.41) is 0. The van der Waals surface area contributed by atoms with Gasteiger partial charge in [-0.1, -0.05) is 25.0 Å². The number of hydrogen-bond donors (Lipinski definition) is 0. The van der Waals surface area contributed by atoms with Crippen LogP contribution in [-0.4, -0.2) is 18.5 Å². The van der Waals surface area contributed by atoms with Crippen LogP contribution in [-0.2, 0) is 27.7 Å². The van der Waals surface area contributed by atoms with Gasteiger partial charge in [0, 0.05) is 12.9 Å². The number of hydrogen-bond acceptors (Lipinski definition) is 2. The van der Waals surface area contributed by atoms with Crippen molar-refractivity contribution in [3.8, 4) is 0 Å². The minimum atomic E-state index is -0.541. The zero-order valence-corrected chi connectivity index (χ0v) is 13.0. The van der Waals surface area contributed by atoms with Crippen LogP contribution < -0.4 is 0 Å². The Labute approximate surface area is 119 Å². The quantitative estimate of drug-likeness (QED) is 0.441. The van der Waals surface area contributed by atoms with Crippen LogP contribution in [0.3, 0.4) is 0 Å². The van der Waals surface area contributed by atoms with Gasteiger partial charge < -0.3 is 9.53 Å². The molecule has 0 aromatic rings. The molecule has 0 N–H and O–H groups in total. The average molecular weight is 349 g/mol. The van der Waals surface area contributed by atoms with E-state index >= 15 is 0 Å². The van der Waals surface area contributed by atoms with Gasteiger partial charge in [0.1, 0.15) is 0 Å². The summed E-state index contributed by atoms with van der Waals surface area (Å²) in [5.74, 6) is 0.0490. The van der Waals surface area contributed by atoms with Gasteiger partial charge in [-0.15, -0.1) is 12.5 Å². The van der Waals surface area contributed by atoms with Crippen molar-refractivity contribution in [2.75, 3.05) is 7.11 Å². The van der Waals surface area contributed by atoms with E-state index in [1.165, 1.54) is 0 Å². The summed E-state index contributed by atoms with van der Waals surface area (Å²) in [4.78, 5) is 11.7. The van der Waals surface area contributed by atoms with Gasteiger partial charge in [0.05, 0.1) is 5.60 Å². The van der Waals surface area contributed by atoms with Gasteiger partial charge in [-0.25, -0.2) is 0 Å². The molecule has 0 aromatic heterocycles. The van der Waals surface area contributed by atoms with Gasteiger partial charge in [0.15, 0.2) is 0 Å². The van der Waals surface area contributed by atoms with E-state index in [-0.39, 0.29) is 5.78 Å². The monoisotopic (exact) mass is 348 g/mol. The Morgan fingerprint density at radius 2 is 2.12 bits per heavy atom. The molecule has 0 heterocycles. The molecular weight excluding hydrogens is 330 g/mol. The van der Waals surface area contributed by atoms with Crippen molar-refractivity contribution in [2.24, 2.45) is 0 Å². The summed E-state index contributed by atoms with van der Waals surface area (Å²) in [5.41, 5.74) is 1.19. The van der Waals surface area contributed by atoms with Crippen LogP contribution in [0.1, 0.15) is 40.0 Å². The molecule has 1 atom stereocenters. The third-order valence-electron chi connectivity index (χ3n) is 3.10. The molecule has 0 aromatic carbocycles. The second kappa shape index (κ2) is 8.21. The van der Waals surface area contributed by atoms with Crippen molar-refractivity contribution in [1.29, 1.82) is 0 Å². The average Bonchev–Trinajstić information content (AvgIpc) is 2.61. The van der Waals surface area contributed by atoms with Crippen molar-refractivity contribution < 1.29 is 27.7 Å². The van der Waals surface area contributed by atoms with Gasteiger partial charge in [0.2, 0.25) is 0 Å². The van der Waals surface area contributed by atoms with Gasteiger partial charge in [-0.2, -0.15) is 0 Å². The molecule has 0 radical (unpaired) electrons. The number of ether oxygens (including phenoxy) is 1. The number of rotatable bonds is 4. The van der Waals surface area contributed by atoms with Crippen LogP contribution in [0.25, 0.3) is 0 Å². The molecule has 1 rings (SSSR count). The first-order valence-electron chi connectivity index (χ1n) is 5.57. The van der Waals surface area contributed by atoms with Crippen LogP contribution in [0.5, 0.6) is 0 Å². The number of unbranched alkanes of at least 4 members (excludes halogenated alkanes) is 1. The van der Waals surface area contributed by atoms with E-state index in [1.54, 1.807) is 20.1 Å². The van der Waals surface area contributed by atoms with E-state index in [9.17, 15) is 4.79 Å². The van der Waals surface area contributed by atoms with Crippen LogP contribution in [0.2, 0.25) is 0 Å². The number of ketones is 1. The zero-order valence-electron chi connectivity index (χ0n) is 10.7. The Hall–Kier alpha value is 0.0623. The molecule has 0 saturated heterocycles. The van der Waals surface area contributed by atoms with E-state index < -0.39 is 5.60 Å². The molecule has 0 amide bonds. The normalized spacial score (nSPS) is 25.7. The summed E-state index contributed by atoms with van der Waals surface area (Å²) in [6.45, 7) is 5.86. The molecule has 1 aliphatic rings. The Morgan fingerprint density at radius 3 is 2.53 bits per heavy atom. The molecular formula is C13H19ClO2Pd. The van der Waals surface area contributed by atoms with Crippen LogP contribution in [0.15, 0.2) is 17.2 Å². The second-order valence-electron chi connectivity index (χ2n) is 4.00. The van der Waals surface area contributed by atoms with E-state index in [1.807, 2.05) is 6.92 Å². The maximum absolute atomic E-state index is 11.7. The number of methoxy groups -OCH3 is 1. The number of allylic oxidation sites excluding steroid dienone is 2. The first kappa shape index (κ1) is 17.1. The Balaban J connectivity index is 0.00000121. The first-order chi connectivity index (χ1) is 8.10. The van der Waals surface area contributed by atoms with Crippen LogP contribution >= 0.6 is 9.53 Å². The van der Waals surface area contributed by atoms with E-state index in [2.05, 4.69) is 40.7 Å². The first-order valence-corrected chi connectivity index (χ1v) is 7.58. The third kappa shape index (κ3) is 3.76. The van der Waals surface area contributed by atoms with Gasteiger partial charge in [-0.05, 0) is 19.8 Å². The molecule has 0 aliphatic heterocycles. The number of halogens is 1. The Bertz CT molecular complexity index is 323. The zero-order chi connectivity index (χ0) is 13.5. The standard InChI is InChI=1S/C13H19O2.ClH.Pd/c1-5-7-8-10-9-12(14)11(6-2)13(10,3)15-4;;/h9H,5,7-8H2,1-4H3;1H;/q-1;;+2/p-1. The summed E-state index contributed by atoms with van der Waals surface area (Å²) < 4.78 is 5.49. The molecule has 0 spiro atoms. The van der Waals surface area contributed by atoms with Crippen LogP contribution in [0, 0.1) is 6.08 Å². The third-order valence-corrected chi connectivity index (χ3v) is 3.10. The van der Waals surface area contributed by atoms with Crippen molar-refractivity contribution >= 4 is 15.3 Å². The summed E-state index contributed by atoms with van der Waals surface area (Å²) in [6, 6.07) is 0. The Kier molecular flexibility index (Phi) is 8.24. The topological polar surface area (TPSA) is 26.3 Å². The summed E-state index contributed by atoms with van der Waals surface area (Å²) >= 11 is 2.22. The Morgan fingerprint density at radius 1 is 1.53 bits per heavy atom. The maximum atomic E-state index is 11.7. The number of carbonyl (C=O) groups excluding carboxylic acids is 1. The SMILES string of the molecule is C[C-]=C1C(=O)C=C(CCCC)C1(C)OC.[Cl][Pd+]. The molecule has 17 heavy (non-hydrogen) atoms. The molecule has 1 unspecified atom stereocenters. The van der Waals surface area contributed by atoms with E-state index in [4.69, 9.17) is 4.74 Å². The van der Waals surface area contributed by atoms with Crippen molar-refractivity contribution in [3.05, 3.63) is 23.3 Å². The fraction of sp³-hybridized carbons (Fsp3) is 0.615. The number of carbonyl (C=O) groups is 1. The molecule has 100 valence electrons. The fourth-order valence-corrected chi connectivity index (χ4v) is 2.04. The van der Waals surface area contributed by atoms with Crippen LogP contribution in [0.4, 0.5) is 0 Å².